The highest BCUT2D eigenvalue weighted by Gasteiger charge is 1.85. The molecule has 9 heavy (non-hydrogen) atoms. The van der Waals surface area contributed by atoms with Gasteiger partial charge in [0.1, 0.15) is 6.33 Å². The largest absolute Gasteiger partial charge is 0.369 e. The lowest BCUT2D eigenvalue weighted by Crippen LogP contribution is -2.27. The van der Waals surface area contributed by atoms with Gasteiger partial charge in [-0.05, 0) is 0 Å². The maximum absolute atomic E-state index is 6.79. The van der Waals surface area contributed by atoms with Gasteiger partial charge in [0.25, 0.3) is 0 Å². The third-order valence-electron chi connectivity index (χ3n) is 0.754. The second-order valence-corrected chi connectivity index (χ2v) is 1.50. The third-order valence-corrected chi connectivity index (χ3v) is 0.754. The molecule has 0 aliphatic rings. The van der Waals surface area contributed by atoms with Gasteiger partial charge in [0.05, 0.1) is 0 Å². The van der Waals surface area contributed by atoms with Crippen molar-refractivity contribution in [3.05, 3.63) is 18.7 Å². The van der Waals surface area contributed by atoms with E-state index in [9.17, 15) is 0 Å². The summed E-state index contributed by atoms with van der Waals surface area (Å²) >= 11 is 0. The molecule has 1 rings (SSSR count). The minimum Gasteiger partial charge on any atom is -0.369 e. The van der Waals surface area contributed by atoms with Crippen LogP contribution < -0.4 is 11.2 Å². The molecule has 0 unspecified atom stereocenters. The fourth-order valence-electron chi connectivity index (χ4n) is 0.464. The lowest BCUT2D eigenvalue weighted by atomic mass is 10.9. The first kappa shape index (κ1) is 5.61. The molecule has 5 heteroatoms. The zero-order valence-corrected chi connectivity index (χ0v) is 4.70. The second-order valence-electron chi connectivity index (χ2n) is 1.50. The molecule has 48 valence electrons. The second kappa shape index (κ2) is 2.17. The third kappa shape index (κ3) is 1.45. The number of aromatic nitrogens is 2. The average molecular weight is 125 g/mol. The Bertz CT molecular complexity index is 189. The van der Waals surface area contributed by atoms with Crippen LogP contribution in [0.3, 0.4) is 0 Å². The van der Waals surface area contributed by atoms with E-state index in [1.807, 2.05) is 0 Å². The van der Waals surface area contributed by atoms with Crippen LogP contribution in [0.5, 0.6) is 0 Å². The Balaban J connectivity index is 2.58. The first-order valence-electron chi connectivity index (χ1n) is 2.38. The highest BCUT2D eigenvalue weighted by atomic mass is 15.4. The van der Waals surface area contributed by atoms with Gasteiger partial charge in [0.2, 0.25) is 5.96 Å². The summed E-state index contributed by atoms with van der Waals surface area (Å²) in [6.45, 7) is 0. The topological polar surface area (TPSA) is 79.7 Å². The van der Waals surface area contributed by atoms with Gasteiger partial charge in [-0.1, -0.05) is 0 Å². The van der Waals surface area contributed by atoms with Crippen LogP contribution in [0.4, 0.5) is 0 Å². The zero-order valence-electron chi connectivity index (χ0n) is 4.70. The van der Waals surface area contributed by atoms with Crippen LogP contribution in [0.1, 0.15) is 0 Å². The van der Waals surface area contributed by atoms with Crippen molar-refractivity contribution in [2.24, 2.45) is 5.73 Å². The average Bonchev–Trinajstić information content (AvgIpc) is 2.15. The molecule has 0 saturated heterocycles. The van der Waals surface area contributed by atoms with Crippen LogP contribution in [-0.4, -0.2) is 15.6 Å². The number of nitrogens with two attached hydrogens (primary N) is 1. The molecule has 1 aromatic heterocycles. The Kier molecular flexibility index (Phi) is 1.35. The zero-order chi connectivity index (χ0) is 6.69. The summed E-state index contributed by atoms with van der Waals surface area (Å²) in [7, 11) is 0. The Morgan fingerprint density at radius 2 is 2.56 bits per heavy atom. The number of imidazole rings is 1. The molecule has 0 amide bonds. The quantitative estimate of drug-likeness (QED) is 0.343. The summed E-state index contributed by atoms with van der Waals surface area (Å²) in [6, 6.07) is 0. The maximum atomic E-state index is 6.79. The van der Waals surface area contributed by atoms with E-state index in [1.54, 1.807) is 12.4 Å². The molecule has 0 saturated carbocycles. The van der Waals surface area contributed by atoms with Crippen LogP contribution in [0, 0.1) is 5.41 Å². The Labute approximate surface area is 52.0 Å². The van der Waals surface area contributed by atoms with Gasteiger partial charge in [-0.3, -0.25) is 10.8 Å². The molecule has 4 N–H and O–H groups in total. The molecule has 0 aliphatic carbocycles. The number of nitrogens with zero attached hydrogens (tertiary/aromatic N) is 2. The monoisotopic (exact) mass is 125 g/mol. The van der Waals surface area contributed by atoms with Crippen molar-refractivity contribution in [2.45, 2.75) is 0 Å². The van der Waals surface area contributed by atoms with E-state index in [1.165, 1.54) is 11.0 Å². The first-order valence-corrected chi connectivity index (χ1v) is 2.38. The smallest absolute Gasteiger partial charge is 0.205 e. The van der Waals surface area contributed by atoms with Crippen LogP contribution in [-0.2, 0) is 0 Å². The van der Waals surface area contributed by atoms with E-state index in [0.717, 1.165) is 0 Å². The van der Waals surface area contributed by atoms with Crippen LogP contribution >= 0.6 is 0 Å². The molecule has 0 aliphatic heterocycles. The fourth-order valence-corrected chi connectivity index (χ4v) is 0.464. The number of hydrogen-bond donors (Lipinski definition) is 3. The number of guanidine groups is 1. The highest BCUT2D eigenvalue weighted by Crippen LogP contribution is 1.76. The first-order chi connectivity index (χ1) is 4.29. The molecule has 0 fully saturated rings. The van der Waals surface area contributed by atoms with Crippen molar-refractivity contribution in [1.82, 2.24) is 9.66 Å². The predicted octanol–water partition coefficient (Wildman–Crippen LogP) is -0.680. The lowest BCUT2D eigenvalue weighted by Gasteiger charge is -2.00. The molecule has 1 heterocycles. The van der Waals surface area contributed by atoms with Crippen molar-refractivity contribution < 1.29 is 0 Å². The molecular weight excluding hydrogens is 118 g/mol. The molecule has 5 nitrogen and oxygen atoms in total. The van der Waals surface area contributed by atoms with Crippen molar-refractivity contribution in [2.75, 3.05) is 5.43 Å². The number of nitrogens with one attached hydrogen (secondary N) is 2. The summed E-state index contributed by atoms with van der Waals surface area (Å²) in [6.07, 6.45) is 4.76. The summed E-state index contributed by atoms with van der Waals surface area (Å²) < 4.78 is 1.49. The van der Waals surface area contributed by atoms with Gasteiger partial charge in [-0.2, -0.15) is 0 Å². The molecule has 0 aromatic carbocycles. The van der Waals surface area contributed by atoms with E-state index in [4.69, 9.17) is 11.1 Å². The standard InChI is InChI=1S/C4H7N5/c5-4(6)8-9-2-1-7-3-9/h1-3H,(H4,5,6,8). The van der Waals surface area contributed by atoms with Crippen molar-refractivity contribution in [1.29, 1.82) is 5.41 Å². The van der Waals surface area contributed by atoms with Crippen molar-refractivity contribution in [3.63, 3.8) is 0 Å². The molecule has 1 aromatic rings. The Morgan fingerprint density at radius 1 is 1.78 bits per heavy atom. The van der Waals surface area contributed by atoms with E-state index in [2.05, 4.69) is 10.4 Å². The summed E-state index contributed by atoms with van der Waals surface area (Å²) in [4.78, 5) is 3.72. The summed E-state index contributed by atoms with van der Waals surface area (Å²) in [5, 5.41) is 6.79. The van der Waals surface area contributed by atoms with E-state index < -0.39 is 0 Å². The van der Waals surface area contributed by atoms with Gasteiger partial charge in [0, 0.05) is 12.4 Å². The maximum Gasteiger partial charge on any atom is 0.205 e. The minimum absolute atomic E-state index is 0.104. The molecule has 0 radical (unpaired) electrons. The molecule has 0 bridgehead atoms. The number of hydrogen-bond acceptors (Lipinski definition) is 2. The fraction of sp³-hybridized carbons (Fsp3) is 0. The minimum atomic E-state index is -0.104. The summed E-state index contributed by atoms with van der Waals surface area (Å²) in [5.41, 5.74) is 7.51. The Morgan fingerprint density at radius 3 is 3.00 bits per heavy atom. The highest BCUT2D eigenvalue weighted by molar-refractivity contribution is 5.82. The van der Waals surface area contributed by atoms with Crippen LogP contribution in [0.25, 0.3) is 0 Å². The van der Waals surface area contributed by atoms with Crippen LogP contribution in [0.2, 0.25) is 0 Å². The van der Waals surface area contributed by atoms with Crippen molar-refractivity contribution >= 4 is 5.96 Å². The van der Waals surface area contributed by atoms with E-state index in [-0.39, 0.29) is 5.96 Å². The van der Waals surface area contributed by atoms with Gasteiger partial charge < -0.3 is 5.73 Å². The van der Waals surface area contributed by atoms with Gasteiger partial charge in [-0.15, -0.1) is 0 Å². The number of rotatable bonds is 1. The molecular formula is C4H7N5. The Hall–Kier alpha value is -1.52. The lowest BCUT2D eigenvalue weighted by molar-refractivity contribution is 0.961. The SMILES string of the molecule is N=C(N)Nn1ccnc1. The van der Waals surface area contributed by atoms with Gasteiger partial charge >= 0.3 is 0 Å². The van der Waals surface area contributed by atoms with E-state index >= 15 is 0 Å². The van der Waals surface area contributed by atoms with Gasteiger partial charge in [-0.25, -0.2) is 9.66 Å². The summed E-state index contributed by atoms with van der Waals surface area (Å²) in [5.74, 6) is -0.104. The molecule has 0 atom stereocenters. The molecule has 0 spiro atoms. The predicted molar refractivity (Wildman–Crippen MR) is 33.5 cm³/mol. The van der Waals surface area contributed by atoms with Crippen LogP contribution in [0.15, 0.2) is 18.7 Å². The normalized spacial score (nSPS) is 8.89. The van der Waals surface area contributed by atoms with E-state index in [0.29, 0.717) is 0 Å². The van der Waals surface area contributed by atoms with Crippen molar-refractivity contribution in [3.8, 4) is 0 Å². The van der Waals surface area contributed by atoms with Gasteiger partial charge in [0.15, 0.2) is 0 Å².